The average Bonchev–Trinajstić information content (AvgIpc) is 2.75. The van der Waals surface area contributed by atoms with Crippen molar-refractivity contribution < 1.29 is 18.7 Å². The van der Waals surface area contributed by atoms with E-state index in [1.165, 1.54) is 10.5 Å². The predicted octanol–water partition coefficient (Wildman–Crippen LogP) is 3.98. The standard InChI is InChI=1S/C25H23F2N5O3/c1-14-7-17(15(2)29-19-6-4-3-5-16(19)23(34)35)21-30-20(18(8-28)22(33)32(21)9-14)31-12-24(13-31)10-25(26,27)11-24/h3-7,9,15,29H,10-13H2,1-2H3,(H,34,35)/t15-/m1/s1. The van der Waals surface area contributed by atoms with Gasteiger partial charge in [-0.3, -0.25) is 9.20 Å². The maximum Gasteiger partial charge on any atom is 0.337 e. The van der Waals surface area contributed by atoms with Crippen LogP contribution in [0.5, 0.6) is 0 Å². The van der Waals surface area contributed by atoms with Crippen molar-refractivity contribution >= 4 is 23.1 Å². The third-order valence-electron chi connectivity index (χ3n) is 6.80. The van der Waals surface area contributed by atoms with E-state index in [0.717, 1.165) is 5.56 Å². The molecule has 5 rings (SSSR count). The fourth-order valence-electron chi connectivity index (χ4n) is 5.33. The number of nitrogens with one attached hydrogen (secondary N) is 1. The number of carboxylic acids is 1. The molecular weight excluding hydrogens is 456 g/mol. The van der Waals surface area contributed by atoms with Gasteiger partial charge in [0.15, 0.2) is 11.4 Å². The first kappa shape index (κ1) is 22.8. The third-order valence-corrected chi connectivity index (χ3v) is 6.80. The summed E-state index contributed by atoms with van der Waals surface area (Å²) in [6.45, 7) is 4.28. The minimum absolute atomic E-state index is 0.108. The van der Waals surface area contributed by atoms with Gasteiger partial charge in [0.25, 0.3) is 5.56 Å². The van der Waals surface area contributed by atoms with E-state index in [2.05, 4.69) is 10.3 Å². The van der Waals surface area contributed by atoms with E-state index in [1.54, 1.807) is 29.3 Å². The lowest BCUT2D eigenvalue weighted by atomic mass is 9.61. The molecule has 1 atom stereocenters. The number of aryl methyl sites for hydroxylation is 1. The lowest BCUT2D eigenvalue weighted by Crippen LogP contribution is -2.66. The Morgan fingerprint density at radius 3 is 2.60 bits per heavy atom. The monoisotopic (exact) mass is 479 g/mol. The summed E-state index contributed by atoms with van der Waals surface area (Å²) in [7, 11) is 0. The Bertz CT molecular complexity index is 1460. The number of nitrogens with zero attached hydrogens (tertiary/aromatic N) is 4. The number of aromatic nitrogens is 2. The molecule has 3 heterocycles. The van der Waals surface area contributed by atoms with Gasteiger partial charge in [0.2, 0.25) is 5.92 Å². The number of alkyl halides is 2. The predicted molar refractivity (Wildman–Crippen MR) is 125 cm³/mol. The second-order valence-electron chi connectivity index (χ2n) is 9.68. The van der Waals surface area contributed by atoms with Gasteiger partial charge < -0.3 is 15.3 Å². The zero-order valence-corrected chi connectivity index (χ0v) is 19.2. The molecule has 0 amide bonds. The van der Waals surface area contributed by atoms with E-state index in [9.17, 15) is 28.7 Å². The second kappa shape index (κ2) is 7.77. The highest BCUT2D eigenvalue weighted by Gasteiger charge is 2.62. The van der Waals surface area contributed by atoms with Crippen LogP contribution in [0.15, 0.2) is 41.3 Å². The summed E-state index contributed by atoms with van der Waals surface area (Å²) in [4.78, 5) is 31.3. The second-order valence-corrected chi connectivity index (χ2v) is 9.68. The molecule has 1 saturated carbocycles. The summed E-state index contributed by atoms with van der Waals surface area (Å²) in [5, 5.41) is 22.4. The van der Waals surface area contributed by atoms with Crippen LogP contribution >= 0.6 is 0 Å². The number of aromatic carboxylic acids is 1. The van der Waals surface area contributed by atoms with Crippen molar-refractivity contribution in [2.24, 2.45) is 5.41 Å². The van der Waals surface area contributed by atoms with Crippen LogP contribution in [0.4, 0.5) is 20.3 Å². The van der Waals surface area contributed by atoms with Crippen LogP contribution in [-0.2, 0) is 0 Å². The smallest absolute Gasteiger partial charge is 0.337 e. The lowest BCUT2D eigenvalue weighted by Gasteiger charge is -2.59. The molecule has 2 aromatic heterocycles. The molecule has 0 bridgehead atoms. The number of rotatable bonds is 5. The van der Waals surface area contributed by atoms with Crippen LogP contribution < -0.4 is 15.8 Å². The Balaban J connectivity index is 1.56. The molecule has 1 spiro atoms. The molecular formula is C25H23F2N5O3. The summed E-state index contributed by atoms with van der Waals surface area (Å²) in [6.07, 6.45) is 1.21. The van der Waals surface area contributed by atoms with E-state index in [1.807, 2.05) is 26.0 Å². The van der Waals surface area contributed by atoms with E-state index in [-0.39, 0.29) is 29.8 Å². The molecule has 35 heavy (non-hydrogen) atoms. The summed E-state index contributed by atoms with van der Waals surface area (Å²) in [6, 6.07) is 9.87. The van der Waals surface area contributed by atoms with Gasteiger partial charge >= 0.3 is 5.97 Å². The minimum atomic E-state index is -2.65. The zero-order chi connectivity index (χ0) is 25.1. The normalized spacial score (nSPS) is 18.4. The van der Waals surface area contributed by atoms with E-state index in [4.69, 9.17) is 0 Å². The number of nitriles is 1. The summed E-state index contributed by atoms with van der Waals surface area (Å²) in [5.74, 6) is -3.53. The van der Waals surface area contributed by atoms with Crippen molar-refractivity contribution in [2.75, 3.05) is 23.3 Å². The minimum Gasteiger partial charge on any atom is -0.478 e. The topological polar surface area (TPSA) is 111 Å². The molecule has 0 unspecified atom stereocenters. The lowest BCUT2D eigenvalue weighted by molar-refractivity contribution is -0.170. The van der Waals surface area contributed by atoms with Gasteiger partial charge in [0.1, 0.15) is 11.7 Å². The number of carbonyl (C=O) groups is 1. The number of para-hydroxylation sites is 1. The molecule has 10 heteroatoms. The zero-order valence-electron chi connectivity index (χ0n) is 19.2. The number of carboxylic acid groups (broad SMARTS) is 1. The highest BCUT2D eigenvalue weighted by atomic mass is 19.3. The number of benzene rings is 1. The number of anilines is 2. The largest absolute Gasteiger partial charge is 0.478 e. The molecule has 180 valence electrons. The number of hydrogen-bond donors (Lipinski definition) is 2. The first-order valence-corrected chi connectivity index (χ1v) is 11.2. The number of fused-ring (bicyclic) bond motifs is 1. The Kier molecular flexibility index (Phi) is 5.05. The van der Waals surface area contributed by atoms with Gasteiger partial charge in [-0.25, -0.2) is 18.6 Å². The molecule has 3 aromatic rings. The molecule has 1 aliphatic heterocycles. The Morgan fingerprint density at radius 1 is 1.29 bits per heavy atom. The van der Waals surface area contributed by atoms with Gasteiger partial charge in [-0.2, -0.15) is 5.26 Å². The van der Waals surface area contributed by atoms with Crippen molar-refractivity contribution in [1.82, 2.24) is 9.38 Å². The number of halogens is 2. The van der Waals surface area contributed by atoms with Crippen LogP contribution in [0.25, 0.3) is 5.65 Å². The van der Waals surface area contributed by atoms with E-state index >= 15 is 0 Å². The Hall–Kier alpha value is -4.00. The SMILES string of the molecule is Cc1cc([C@@H](C)Nc2ccccc2C(=O)O)c2nc(N3CC4(C3)CC(F)(F)C4)c(C#N)c(=O)n2c1. The Morgan fingerprint density at radius 2 is 1.97 bits per heavy atom. The maximum atomic E-state index is 13.5. The van der Waals surface area contributed by atoms with Gasteiger partial charge in [0, 0.05) is 48.8 Å². The van der Waals surface area contributed by atoms with Crippen LogP contribution in [0, 0.1) is 23.7 Å². The van der Waals surface area contributed by atoms with E-state index in [0.29, 0.717) is 30.0 Å². The summed E-state index contributed by atoms with van der Waals surface area (Å²) in [5.41, 5.74) is 1.09. The molecule has 2 fully saturated rings. The van der Waals surface area contributed by atoms with E-state index < -0.39 is 28.9 Å². The van der Waals surface area contributed by atoms with Crippen molar-refractivity contribution in [1.29, 1.82) is 5.26 Å². The van der Waals surface area contributed by atoms with Crippen LogP contribution in [0.1, 0.15) is 52.9 Å². The van der Waals surface area contributed by atoms with Gasteiger partial charge in [0.05, 0.1) is 11.6 Å². The Labute approximate surface area is 199 Å². The molecule has 2 N–H and O–H groups in total. The molecule has 0 radical (unpaired) electrons. The third kappa shape index (κ3) is 3.77. The quantitative estimate of drug-likeness (QED) is 0.569. The molecule has 8 nitrogen and oxygen atoms in total. The van der Waals surface area contributed by atoms with Gasteiger partial charge in [-0.15, -0.1) is 0 Å². The highest BCUT2D eigenvalue weighted by Crippen LogP contribution is 2.57. The first-order chi connectivity index (χ1) is 16.5. The van der Waals surface area contributed by atoms with Gasteiger partial charge in [-0.05, 0) is 37.6 Å². The van der Waals surface area contributed by atoms with Gasteiger partial charge in [-0.1, -0.05) is 12.1 Å². The fourth-order valence-corrected chi connectivity index (χ4v) is 5.33. The molecule has 1 aromatic carbocycles. The van der Waals surface area contributed by atoms with Crippen molar-refractivity contribution in [3.8, 4) is 6.07 Å². The fraction of sp³-hybridized carbons (Fsp3) is 0.360. The highest BCUT2D eigenvalue weighted by molar-refractivity contribution is 5.94. The molecule has 2 aliphatic rings. The van der Waals surface area contributed by atoms with Crippen LogP contribution in [0.2, 0.25) is 0 Å². The van der Waals surface area contributed by atoms with Crippen molar-refractivity contribution in [3.05, 3.63) is 69.1 Å². The van der Waals surface area contributed by atoms with Crippen LogP contribution in [0.3, 0.4) is 0 Å². The first-order valence-electron chi connectivity index (χ1n) is 11.2. The van der Waals surface area contributed by atoms with Crippen molar-refractivity contribution in [2.45, 2.75) is 38.7 Å². The average molecular weight is 479 g/mol. The summed E-state index contributed by atoms with van der Waals surface area (Å²) < 4.78 is 28.2. The summed E-state index contributed by atoms with van der Waals surface area (Å²) >= 11 is 0. The maximum absolute atomic E-state index is 13.5. The number of pyridine rings is 1. The number of hydrogen-bond acceptors (Lipinski definition) is 6. The molecule has 1 saturated heterocycles. The molecule has 1 aliphatic carbocycles. The van der Waals surface area contributed by atoms with Crippen molar-refractivity contribution in [3.63, 3.8) is 0 Å². The van der Waals surface area contributed by atoms with Crippen LogP contribution in [-0.4, -0.2) is 39.5 Å².